The van der Waals surface area contributed by atoms with E-state index in [9.17, 15) is 0 Å². The molecule has 0 amide bonds. The highest BCUT2D eigenvalue weighted by Crippen LogP contribution is 2.27. The number of benzene rings is 2. The summed E-state index contributed by atoms with van der Waals surface area (Å²) in [4.78, 5) is 22.7. The molecule has 1 saturated carbocycles. The predicted octanol–water partition coefficient (Wildman–Crippen LogP) is 3.33. The molecule has 1 heterocycles. The molecule has 4 rings (SSSR count). The molecule has 0 radical (unpaired) electrons. The van der Waals surface area contributed by atoms with E-state index in [0.29, 0.717) is 0 Å². The van der Waals surface area contributed by atoms with Gasteiger partial charge in [-0.2, -0.15) is 0 Å². The molecule has 2 aromatic rings. The van der Waals surface area contributed by atoms with Crippen LogP contribution in [-0.4, -0.2) is 52.7 Å². The van der Waals surface area contributed by atoms with Crippen LogP contribution in [0.2, 0.25) is 0 Å². The van der Waals surface area contributed by atoms with Crippen LogP contribution in [0.1, 0.15) is 48.8 Å². The number of carboxylic acid groups (broad SMARTS) is 2. The summed E-state index contributed by atoms with van der Waals surface area (Å²) in [5.74, 6) is 5.05. The molecule has 1 aliphatic carbocycles. The first-order chi connectivity index (χ1) is 15.9. The van der Waals surface area contributed by atoms with Gasteiger partial charge in [-0.1, -0.05) is 62.1 Å². The van der Waals surface area contributed by atoms with Crippen LogP contribution in [0.15, 0.2) is 53.5 Å². The minimum atomic E-state index is -1.82. The SMILES string of the molecule is NN1CCN=C1c1ccc(Cc2ccc(OCCC3CCCC3)cc2)cc1.O=C(O)C(=O)O. The number of ether oxygens (including phenoxy) is 1. The van der Waals surface area contributed by atoms with Crippen LogP contribution in [0.25, 0.3) is 0 Å². The molecule has 0 unspecified atom stereocenters. The highest BCUT2D eigenvalue weighted by molar-refractivity contribution is 6.27. The highest BCUT2D eigenvalue weighted by atomic mass is 16.5. The van der Waals surface area contributed by atoms with Crippen molar-refractivity contribution in [2.45, 2.75) is 38.5 Å². The maximum Gasteiger partial charge on any atom is 0.414 e. The van der Waals surface area contributed by atoms with Crippen molar-refractivity contribution in [2.24, 2.45) is 16.8 Å². The van der Waals surface area contributed by atoms with Gasteiger partial charge in [0.25, 0.3) is 0 Å². The van der Waals surface area contributed by atoms with Crippen LogP contribution in [0.5, 0.6) is 5.75 Å². The van der Waals surface area contributed by atoms with E-state index < -0.39 is 11.9 Å². The van der Waals surface area contributed by atoms with Crippen LogP contribution in [-0.2, 0) is 16.0 Å². The first-order valence-electron chi connectivity index (χ1n) is 11.3. The van der Waals surface area contributed by atoms with Crippen molar-refractivity contribution in [3.05, 3.63) is 65.2 Å². The molecule has 4 N–H and O–H groups in total. The fourth-order valence-electron chi connectivity index (χ4n) is 4.07. The number of hydrazine groups is 1. The van der Waals surface area contributed by atoms with Crippen molar-refractivity contribution in [3.63, 3.8) is 0 Å². The molecule has 8 nitrogen and oxygen atoms in total. The minimum absolute atomic E-state index is 0.780. The molecule has 0 atom stereocenters. The van der Waals surface area contributed by atoms with Crippen molar-refractivity contribution in [1.82, 2.24) is 5.01 Å². The Balaban J connectivity index is 0.000000454. The van der Waals surface area contributed by atoms with Gasteiger partial charge in [0.15, 0.2) is 0 Å². The lowest BCUT2D eigenvalue weighted by atomic mass is 10.0. The summed E-state index contributed by atoms with van der Waals surface area (Å²) >= 11 is 0. The summed E-state index contributed by atoms with van der Waals surface area (Å²) in [7, 11) is 0. The third kappa shape index (κ3) is 7.61. The first-order valence-corrected chi connectivity index (χ1v) is 11.3. The highest BCUT2D eigenvalue weighted by Gasteiger charge is 2.15. The number of carbonyl (C=O) groups is 2. The van der Waals surface area contributed by atoms with Crippen molar-refractivity contribution in [2.75, 3.05) is 19.7 Å². The summed E-state index contributed by atoms with van der Waals surface area (Å²) in [5, 5.41) is 16.5. The van der Waals surface area contributed by atoms with Crippen LogP contribution >= 0.6 is 0 Å². The van der Waals surface area contributed by atoms with E-state index in [0.717, 1.165) is 49.2 Å². The van der Waals surface area contributed by atoms with Gasteiger partial charge >= 0.3 is 11.9 Å². The Morgan fingerprint density at radius 2 is 1.55 bits per heavy atom. The molecule has 1 fully saturated rings. The fourth-order valence-corrected chi connectivity index (χ4v) is 4.07. The van der Waals surface area contributed by atoms with Gasteiger partial charge in [0, 0.05) is 5.56 Å². The molecule has 176 valence electrons. The molecular formula is C25H31N3O5. The van der Waals surface area contributed by atoms with Gasteiger partial charge in [-0.3, -0.25) is 10.0 Å². The lowest BCUT2D eigenvalue weighted by molar-refractivity contribution is -0.159. The Hall–Kier alpha value is -3.39. The Labute approximate surface area is 193 Å². The van der Waals surface area contributed by atoms with Gasteiger partial charge in [-0.05, 0) is 42.0 Å². The molecule has 0 saturated heterocycles. The molecule has 0 bridgehead atoms. The maximum absolute atomic E-state index is 9.10. The zero-order chi connectivity index (χ0) is 23.6. The van der Waals surface area contributed by atoms with Gasteiger partial charge in [0.1, 0.15) is 11.6 Å². The maximum atomic E-state index is 9.10. The molecule has 0 spiro atoms. The van der Waals surface area contributed by atoms with E-state index in [4.69, 9.17) is 30.4 Å². The van der Waals surface area contributed by atoms with Gasteiger partial charge in [0.05, 0.1) is 19.7 Å². The standard InChI is InChI=1S/C23H29N3O.C2H2O4/c24-26-15-14-25-23(26)21-9-5-19(6-10-21)17-20-7-11-22(12-8-20)27-16-13-18-3-1-2-4-18;3-1(4)2(5)6/h5-12,18H,1-4,13-17,24H2;(H,3,4)(H,5,6). The smallest absolute Gasteiger partial charge is 0.414 e. The predicted molar refractivity (Wildman–Crippen MR) is 125 cm³/mol. The zero-order valence-corrected chi connectivity index (χ0v) is 18.7. The third-order valence-electron chi connectivity index (χ3n) is 5.87. The summed E-state index contributed by atoms with van der Waals surface area (Å²) < 4.78 is 5.93. The zero-order valence-electron chi connectivity index (χ0n) is 18.7. The minimum Gasteiger partial charge on any atom is -0.494 e. The summed E-state index contributed by atoms with van der Waals surface area (Å²) in [6.45, 7) is 2.42. The van der Waals surface area contributed by atoms with Gasteiger partial charge < -0.3 is 14.9 Å². The quantitative estimate of drug-likeness (QED) is 0.434. The molecule has 1 aliphatic heterocycles. The first kappa shape index (κ1) is 24.3. The summed E-state index contributed by atoms with van der Waals surface area (Å²) in [6, 6.07) is 17.1. The van der Waals surface area contributed by atoms with E-state index in [2.05, 4.69) is 53.5 Å². The second-order valence-corrected chi connectivity index (χ2v) is 8.31. The van der Waals surface area contributed by atoms with Crippen molar-refractivity contribution < 1.29 is 24.5 Å². The number of nitrogens with two attached hydrogens (primary N) is 1. The second-order valence-electron chi connectivity index (χ2n) is 8.31. The number of hydrogen-bond acceptors (Lipinski definition) is 6. The largest absolute Gasteiger partial charge is 0.494 e. The lowest BCUT2D eigenvalue weighted by Crippen LogP contribution is -2.34. The van der Waals surface area contributed by atoms with Gasteiger partial charge in [-0.25, -0.2) is 15.4 Å². The monoisotopic (exact) mass is 453 g/mol. The summed E-state index contributed by atoms with van der Waals surface area (Å²) in [5.41, 5.74) is 3.67. The van der Waals surface area contributed by atoms with Crippen LogP contribution in [0.3, 0.4) is 0 Å². The Morgan fingerprint density at radius 1 is 0.970 bits per heavy atom. The molecule has 33 heavy (non-hydrogen) atoms. The van der Waals surface area contributed by atoms with Crippen LogP contribution < -0.4 is 10.6 Å². The number of rotatable bonds is 7. The number of carboxylic acids is 2. The molecule has 2 aromatic carbocycles. The third-order valence-corrected chi connectivity index (χ3v) is 5.87. The number of aliphatic imine (C=N–C) groups is 1. The van der Waals surface area contributed by atoms with Crippen molar-refractivity contribution in [1.29, 1.82) is 0 Å². The lowest BCUT2D eigenvalue weighted by Gasteiger charge is -2.13. The Bertz CT molecular complexity index is 939. The van der Waals surface area contributed by atoms with Crippen molar-refractivity contribution in [3.8, 4) is 5.75 Å². The number of aliphatic carboxylic acids is 2. The van der Waals surface area contributed by atoms with E-state index in [1.165, 1.54) is 43.2 Å². The number of nitrogens with zero attached hydrogens (tertiary/aromatic N) is 2. The van der Waals surface area contributed by atoms with E-state index >= 15 is 0 Å². The van der Waals surface area contributed by atoms with E-state index in [1.807, 2.05) is 0 Å². The van der Waals surface area contributed by atoms with Crippen LogP contribution in [0, 0.1) is 5.92 Å². The van der Waals surface area contributed by atoms with Crippen molar-refractivity contribution >= 4 is 17.8 Å². The second kappa shape index (κ2) is 12.0. The number of hydrogen-bond donors (Lipinski definition) is 3. The van der Waals surface area contributed by atoms with Gasteiger partial charge in [-0.15, -0.1) is 0 Å². The van der Waals surface area contributed by atoms with Crippen LogP contribution in [0.4, 0.5) is 0 Å². The molecule has 8 heteroatoms. The summed E-state index contributed by atoms with van der Waals surface area (Å²) in [6.07, 6.45) is 7.69. The molecule has 0 aromatic heterocycles. The normalized spacial score (nSPS) is 15.5. The van der Waals surface area contributed by atoms with E-state index in [1.54, 1.807) is 5.01 Å². The Morgan fingerprint density at radius 3 is 2.06 bits per heavy atom. The topological polar surface area (TPSA) is 125 Å². The molecular weight excluding hydrogens is 422 g/mol. The van der Waals surface area contributed by atoms with Gasteiger partial charge in [0.2, 0.25) is 0 Å². The number of amidine groups is 1. The average molecular weight is 454 g/mol. The Kier molecular flexibility index (Phi) is 8.83. The average Bonchev–Trinajstić information content (AvgIpc) is 3.48. The fraction of sp³-hybridized carbons (Fsp3) is 0.400. The molecule has 2 aliphatic rings. The van der Waals surface area contributed by atoms with E-state index in [-0.39, 0.29) is 0 Å².